The minimum atomic E-state index is 0.00199. The Hall–Kier alpha value is -2.44. The van der Waals surface area contributed by atoms with Gasteiger partial charge >= 0.3 is 0 Å². The summed E-state index contributed by atoms with van der Waals surface area (Å²) in [4.78, 5) is 8.34. The Morgan fingerprint density at radius 3 is 2.72 bits per heavy atom. The normalized spacial score (nSPS) is 10.1. The van der Waals surface area contributed by atoms with Crippen LogP contribution in [0.2, 0.25) is 0 Å². The van der Waals surface area contributed by atoms with Gasteiger partial charge in [0.15, 0.2) is 0 Å². The highest BCUT2D eigenvalue weighted by atomic mass is 16.2. The zero-order chi connectivity index (χ0) is 12.6. The summed E-state index contributed by atoms with van der Waals surface area (Å²) in [6, 6.07) is 9.33. The van der Waals surface area contributed by atoms with E-state index in [-0.39, 0.29) is 6.61 Å². The lowest BCUT2D eigenvalue weighted by Gasteiger charge is -1.96. The molecule has 2 aromatic rings. The molecule has 18 heavy (non-hydrogen) atoms. The molecular formula is C15H12N2O. The lowest BCUT2D eigenvalue weighted by molar-refractivity contribution is 0.343. The Balaban J connectivity index is 2.30. The quantitative estimate of drug-likeness (QED) is 0.810. The minimum absolute atomic E-state index is 0.00199. The van der Waals surface area contributed by atoms with Crippen LogP contribution in [0.1, 0.15) is 17.0 Å². The smallest absolute Gasteiger partial charge is 0.120 e. The maximum atomic E-state index is 8.77. The summed E-state index contributed by atoms with van der Waals surface area (Å²) in [5.41, 5.74) is 2.27. The molecule has 0 bridgehead atoms. The first-order valence-electron chi connectivity index (χ1n) is 5.55. The monoisotopic (exact) mass is 236 g/mol. The van der Waals surface area contributed by atoms with Crippen molar-refractivity contribution >= 4 is 6.08 Å². The summed E-state index contributed by atoms with van der Waals surface area (Å²) in [7, 11) is 0. The molecule has 2 aromatic heterocycles. The van der Waals surface area contributed by atoms with Gasteiger partial charge in [0.1, 0.15) is 11.4 Å². The Labute approximate surface area is 106 Å². The van der Waals surface area contributed by atoms with E-state index in [0.717, 1.165) is 5.56 Å². The number of hydrogen-bond donors (Lipinski definition) is 1. The lowest BCUT2D eigenvalue weighted by atomic mass is 10.2. The molecule has 0 aromatic carbocycles. The van der Waals surface area contributed by atoms with Crippen LogP contribution in [0.5, 0.6) is 0 Å². The van der Waals surface area contributed by atoms with Crippen LogP contribution in [0, 0.1) is 11.8 Å². The first kappa shape index (κ1) is 12.0. The molecule has 0 radical (unpaired) electrons. The maximum absolute atomic E-state index is 8.77. The molecule has 1 N–H and O–H groups in total. The molecule has 0 saturated heterocycles. The van der Waals surface area contributed by atoms with Crippen molar-refractivity contribution in [3.8, 4) is 11.8 Å². The number of pyridine rings is 2. The molecule has 2 rings (SSSR count). The number of rotatable bonds is 2. The van der Waals surface area contributed by atoms with Gasteiger partial charge in [-0.25, -0.2) is 9.97 Å². The highest BCUT2D eigenvalue weighted by Gasteiger charge is 1.95. The molecule has 2 heterocycles. The number of aliphatic hydroxyl groups excluding tert-OH is 1. The molecule has 88 valence electrons. The molecule has 0 amide bonds. The van der Waals surface area contributed by atoms with Gasteiger partial charge in [-0.05, 0) is 30.0 Å². The maximum Gasteiger partial charge on any atom is 0.120 e. The molecule has 0 aliphatic rings. The second-order valence-corrected chi connectivity index (χ2v) is 3.49. The molecule has 0 fully saturated rings. The largest absolute Gasteiger partial charge is 0.392 e. The van der Waals surface area contributed by atoms with Crippen LogP contribution in [0.25, 0.3) is 6.08 Å². The van der Waals surface area contributed by atoms with Gasteiger partial charge in [0.2, 0.25) is 0 Å². The number of aliphatic hydroxyl groups is 1. The highest BCUT2D eigenvalue weighted by molar-refractivity contribution is 5.57. The third kappa shape index (κ3) is 3.27. The molecule has 3 nitrogen and oxygen atoms in total. The van der Waals surface area contributed by atoms with Crippen LogP contribution in [0.3, 0.4) is 0 Å². The first-order valence-corrected chi connectivity index (χ1v) is 5.55. The zero-order valence-corrected chi connectivity index (χ0v) is 9.74. The van der Waals surface area contributed by atoms with Gasteiger partial charge in [0.05, 0.1) is 6.61 Å². The first-order chi connectivity index (χ1) is 8.90. The molecule has 3 heteroatoms. The van der Waals surface area contributed by atoms with Gasteiger partial charge in [-0.1, -0.05) is 24.3 Å². The summed E-state index contributed by atoms with van der Waals surface area (Å²) in [6.07, 6.45) is 6.85. The van der Waals surface area contributed by atoms with Gasteiger partial charge in [0.25, 0.3) is 0 Å². The van der Waals surface area contributed by atoms with Crippen molar-refractivity contribution in [1.29, 1.82) is 0 Å². The molecule has 0 aliphatic carbocycles. The molecule has 0 aliphatic heterocycles. The fraction of sp³-hybridized carbons (Fsp3) is 0.0667. The minimum Gasteiger partial charge on any atom is -0.392 e. The summed E-state index contributed by atoms with van der Waals surface area (Å²) >= 11 is 0. The fourth-order valence-electron chi connectivity index (χ4n) is 1.40. The fourth-order valence-corrected chi connectivity index (χ4v) is 1.40. The van der Waals surface area contributed by atoms with E-state index in [0.29, 0.717) is 11.4 Å². The highest BCUT2D eigenvalue weighted by Crippen LogP contribution is 2.06. The summed E-state index contributed by atoms with van der Waals surface area (Å²) in [5, 5.41) is 8.77. The van der Waals surface area contributed by atoms with Crippen LogP contribution < -0.4 is 0 Å². The zero-order valence-electron chi connectivity index (χ0n) is 9.74. The molecule has 0 spiro atoms. The number of hydrogen-bond acceptors (Lipinski definition) is 3. The molecule has 0 atom stereocenters. The molecule has 0 unspecified atom stereocenters. The van der Waals surface area contributed by atoms with Gasteiger partial charge in [-0.2, -0.15) is 0 Å². The van der Waals surface area contributed by atoms with Crippen molar-refractivity contribution in [2.24, 2.45) is 0 Å². The predicted molar refractivity (Wildman–Crippen MR) is 70.6 cm³/mol. The molecule has 0 saturated carbocycles. The van der Waals surface area contributed by atoms with Crippen molar-refractivity contribution in [3.63, 3.8) is 0 Å². The van der Waals surface area contributed by atoms with Gasteiger partial charge in [-0.15, -0.1) is 0 Å². The van der Waals surface area contributed by atoms with Crippen molar-refractivity contribution in [2.75, 3.05) is 6.61 Å². The Kier molecular flexibility index (Phi) is 4.23. The summed E-state index contributed by atoms with van der Waals surface area (Å²) in [5.74, 6) is 5.94. The van der Waals surface area contributed by atoms with Crippen LogP contribution in [-0.2, 0) is 0 Å². The van der Waals surface area contributed by atoms with Crippen LogP contribution in [-0.4, -0.2) is 21.7 Å². The van der Waals surface area contributed by atoms with Crippen LogP contribution >= 0.6 is 0 Å². The predicted octanol–water partition coefficient (Wildman–Crippen LogP) is 1.88. The van der Waals surface area contributed by atoms with E-state index in [9.17, 15) is 0 Å². The Bertz CT molecular complexity index is 595. The molecular weight excluding hydrogens is 224 g/mol. The van der Waals surface area contributed by atoms with E-state index in [2.05, 4.69) is 21.8 Å². The standard InChI is InChI=1S/C15H12N2O/c18-12-4-6-13-5-3-11-17-15(13)9-8-14-7-1-2-10-16-14/h1-7,10-11,18H,12H2/b6-4+. The number of nitrogens with zero attached hydrogens (tertiary/aromatic N) is 2. The van der Waals surface area contributed by atoms with Gasteiger partial charge in [-0.3, -0.25) is 0 Å². The van der Waals surface area contributed by atoms with E-state index >= 15 is 0 Å². The topological polar surface area (TPSA) is 46.0 Å². The van der Waals surface area contributed by atoms with Crippen molar-refractivity contribution in [2.45, 2.75) is 0 Å². The van der Waals surface area contributed by atoms with Crippen LogP contribution in [0.4, 0.5) is 0 Å². The van der Waals surface area contributed by atoms with Gasteiger partial charge in [0, 0.05) is 18.0 Å². The Morgan fingerprint density at radius 1 is 1.06 bits per heavy atom. The van der Waals surface area contributed by atoms with E-state index < -0.39 is 0 Å². The van der Waals surface area contributed by atoms with E-state index in [1.54, 1.807) is 24.5 Å². The average molecular weight is 236 g/mol. The van der Waals surface area contributed by atoms with E-state index in [1.165, 1.54) is 0 Å². The summed E-state index contributed by atoms with van der Waals surface area (Å²) in [6.45, 7) is 0.00199. The third-order valence-electron chi connectivity index (χ3n) is 2.22. The number of aromatic nitrogens is 2. The van der Waals surface area contributed by atoms with E-state index in [4.69, 9.17) is 5.11 Å². The van der Waals surface area contributed by atoms with Crippen molar-refractivity contribution in [3.05, 3.63) is 65.8 Å². The van der Waals surface area contributed by atoms with E-state index in [1.807, 2.05) is 30.3 Å². The second-order valence-electron chi connectivity index (χ2n) is 3.49. The van der Waals surface area contributed by atoms with Crippen LogP contribution in [0.15, 0.2) is 48.8 Å². The lowest BCUT2D eigenvalue weighted by Crippen LogP contribution is -1.88. The third-order valence-corrected chi connectivity index (χ3v) is 2.22. The second kappa shape index (κ2) is 6.33. The SMILES string of the molecule is OC/C=C/c1cccnc1C#Cc1ccccn1. The van der Waals surface area contributed by atoms with Crippen molar-refractivity contribution < 1.29 is 5.11 Å². The van der Waals surface area contributed by atoms with Gasteiger partial charge < -0.3 is 5.11 Å². The Morgan fingerprint density at radius 2 is 1.94 bits per heavy atom. The van der Waals surface area contributed by atoms with Crippen molar-refractivity contribution in [1.82, 2.24) is 9.97 Å². The summed E-state index contributed by atoms with van der Waals surface area (Å²) < 4.78 is 0. The average Bonchev–Trinajstić information content (AvgIpc) is 2.45.